The van der Waals surface area contributed by atoms with E-state index in [2.05, 4.69) is 5.32 Å². The highest BCUT2D eigenvalue weighted by Crippen LogP contribution is 2.27. The Labute approximate surface area is 207 Å². The first kappa shape index (κ1) is 25.3. The highest BCUT2D eigenvalue weighted by Gasteiger charge is 2.32. The molecule has 1 N–H and O–H groups in total. The van der Waals surface area contributed by atoms with Crippen molar-refractivity contribution in [2.75, 3.05) is 11.9 Å². The number of aromatic nitrogens is 1. The van der Waals surface area contributed by atoms with Crippen molar-refractivity contribution in [1.29, 1.82) is 0 Å². The average Bonchev–Trinajstić information content (AvgIpc) is 3.10. The predicted molar refractivity (Wildman–Crippen MR) is 139 cm³/mol. The number of hydrogen-bond donors (Lipinski definition) is 1. The maximum absolute atomic E-state index is 13.3. The second kappa shape index (κ2) is 10.8. The molecule has 2 amide bonds. The van der Waals surface area contributed by atoms with Crippen molar-refractivity contribution in [3.8, 4) is 0 Å². The molecule has 2 aromatic rings. The lowest BCUT2D eigenvalue weighted by atomic mass is 9.96. The van der Waals surface area contributed by atoms with E-state index in [0.717, 1.165) is 31.1 Å². The summed E-state index contributed by atoms with van der Waals surface area (Å²) in [6, 6.07) is 7.29. The third kappa shape index (κ3) is 6.44. The van der Waals surface area contributed by atoms with Crippen molar-refractivity contribution in [2.24, 2.45) is 5.92 Å². The van der Waals surface area contributed by atoms with E-state index in [4.69, 9.17) is 4.74 Å². The number of carbonyl (C=O) groups excluding carboxylic acids is 2. The smallest absolute Gasteiger partial charge is 0.410 e. The van der Waals surface area contributed by atoms with Crippen LogP contribution in [0, 0.1) is 5.92 Å². The van der Waals surface area contributed by atoms with Crippen LogP contribution in [0.25, 0.3) is 10.8 Å². The fourth-order valence-electron chi connectivity index (χ4n) is 5.42. The van der Waals surface area contributed by atoms with E-state index >= 15 is 0 Å². The van der Waals surface area contributed by atoms with Gasteiger partial charge in [-0.25, -0.2) is 4.79 Å². The van der Waals surface area contributed by atoms with Gasteiger partial charge in [0.25, 0.3) is 5.56 Å². The zero-order valence-corrected chi connectivity index (χ0v) is 21.3. The second-order valence-electron chi connectivity index (χ2n) is 11.1. The van der Waals surface area contributed by atoms with E-state index in [1.54, 1.807) is 21.7 Å². The van der Waals surface area contributed by atoms with Gasteiger partial charge in [-0.1, -0.05) is 31.7 Å². The molecule has 190 valence electrons. The lowest BCUT2D eigenvalue weighted by molar-refractivity contribution is -0.117. The molecular formula is C28H39N3O4. The molecule has 7 nitrogen and oxygen atoms in total. The summed E-state index contributed by atoms with van der Waals surface area (Å²) in [6.45, 7) is 6.63. The average molecular weight is 482 g/mol. The summed E-state index contributed by atoms with van der Waals surface area (Å²) in [5, 5.41) is 4.38. The van der Waals surface area contributed by atoms with E-state index in [0.29, 0.717) is 36.5 Å². The molecule has 35 heavy (non-hydrogen) atoms. The zero-order valence-electron chi connectivity index (χ0n) is 21.3. The van der Waals surface area contributed by atoms with Crippen LogP contribution in [-0.2, 0) is 16.1 Å². The van der Waals surface area contributed by atoms with Crippen LogP contribution < -0.4 is 10.9 Å². The number of nitrogens with zero attached hydrogens (tertiary/aromatic N) is 2. The molecule has 2 fully saturated rings. The minimum atomic E-state index is -0.555. The van der Waals surface area contributed by atoms with Crippen LogP contribution in [0.15, 0.2) is 35.3 Å². The molecule has 0 radical (unpaired) electrons. The van der Waals surface area contributed by atoms with Gasteiger partial charge in [-0.2, -0.15) is 0 Å². The van der Waals surface area contributed by atoms with Gasteiger partial charge in [0, 0.05) is 42.2 Å². The van der Waals surface area contributed by atoms with Gasteiger partial charge in [0.2, 0.25) is 5.91 Å². The molecule has 0 unspecified atom stereocenters. The van der Waals surface area contributed by atoms with Crippen molar-refractivity contribution in [2.45, 2.75) is 96.7 Å². The maximum atomic E-state index is 13.3. The highest BCUT2D eigenvalue weighted by molar-refractivity contribution is 6.01. The van der Waals surface area contributed by atoms with Crippen LogP contribution in [0.2, 0.25) is 0 Å². The summed E-state index contributed by atoms with van der Waals surface area (Å²) in [5.74, 6) is 0.469. The lowest BCUT2D eigenvalue weighted by Crippen LogP contribution is -2.42. The molecular weight excluding hydrogens is 442 g/mol. The number of benzene rings is 1. The van der Waals surface area contributed by atoms with E-state index in [-0.39, 0.29) is 23.6 Å². The van der Waals surface area contributed by atoms with E-state index < -0.39 is 5.60 Å². The van der Waals surface area contributed by atoms with Gasteiger partial charge in [-0.3, -0.25) is 9.59 Å². The largest absolute Gasteiger partial charge is 0.444 e. The van der Waals surface area contributed by atoms with Crippen LogP contribution in [-0.4, -0.2) is 39.7 Å². The van der Waals surface area contributed by atoms with Crippen molar-refractivity contribution in [3.05, 3.63) is 40.8 Å². The van der Waals surface area contributed by atoms with Crippen molar-refractivity contribution in [1.82, 2.24) is 9.47 Å². The molecule has 4 rings (SSSR count). The topological polar surface area (TPSA) is 80.6 Å². The number of likely N-dealkylation sites (tertiary alicyclic amines) is 1. The first-order chi connectivity index (χ1) is 16.7. The molecule has 1 aliphatic heterocycles. The Kier molecular flexibility index (Phi) is 7.82. The zero-order chi connectivity index (χ0) is 25.0. The number of nitrogens with one attached hydrogen (secondary N) is 1. The van der Waals surface area contributed by atoms with Crippen LogP contribution in [0.1, 0.15) is 78.6 Å². The fraction of sp³-hybridized carbons (Fsp3) is 0.607. The summed E-state index contributed by atoms with van der Waals surface area (Å²) in [5.41, 5.74) is 0.0150. The lowest BCUT2D eigenvalue weighted by Gasteiger charge is -2.29. The molecule has 1 aliphatic carbocycles. The van der Waals surface area contributed by atoms with Crippen molar-refractivity contribution >= 4 is 28.5 Å². The SMILES string of the molecule is CC(C)(C)OC(=O)N1CCC[C@H]1Cn1ccc2c(NC(=O)CC3CCCCCC3)cccc2c1=O. The third-order valence-electron chi connectivity index (χ3n) is 7.15. The Morgan fingerprint density at radius 1 is 1.00 bits per heavy atom. The van der Waals surface area contributed by atoms with Crippen molar-refractivity contribution < 1.29 is 14.3 Å². The molecule has 0 spiro atoms. The Bertz CT molecular complexity index is 1110. The van der Waals surface area contributed by atoms with Gasteiger partial charge in [-0.15, -0.1) is 0 Å². The van der Waals surface area contributed by atoms with Gasteiger partial charge < -0.3 is 19.5 Å². The van der Waals surface area contributed by atoms with Gasteiger partial charge in [-0.05, 0) is 70.6 Å². The molecule has 2 aliphatic rings. The summed E-state index contributed by atoms with van der Waals surface area (Å²) >= 11 is 0. The summed E-state index contributed by atoms with van der Waals surface area (Å²) in [6.07, 6.45) is 10.9. The number of anilines is 1. The summed E-state index contributed by atoms with van der Waals surface area (Å²) < 4.78 is 7.24. The standard InChI is InChI=1S/C28H39N3O4/c1-28(2,3)35-27(34)31-16-9-12-21(31)19-30-17-15-22-23(26(30)33)13-8-14-24(22)29-25(32)18-20-10-6-4-5-7-11-20/h8,13-15,17,20-21H,4-7,9-12,16,18-19H2,1-3H3,(H,29,32)/t21-/m0/s1. The van der Waals surface area contributed by atoms with E-state index in [9.17, 15) is 14.4 Å². The molecule has 1 aromatic carbocycles. The van der Waals surface area contributed by atoms with E-state index in [1.165, 1.54) is 25.7 Å². The minimum absolute atomic E-state index is 0.0209. The summed E-state index contributed by atoms with van der Waals surface area (Å²) in [4.78, 5) is 40.5. The summed E-state index contributed by atoms with van der Waals surface area (Å²) in [7, 11) is 0. The molecule has 1 saturated heterocycles. The molecule has 2 heterocycles. The van der Waals surface area contributed by atoms with Crippen LogP contribution in [0.3, 0.4) is 0 Å². The minimum Gasteiger partial charge on any atom is -0.444 e. The monoisotopic (exact) mass is 481 g/mol. The Hall–Kier alpha value is -2.83. The Morgan fingerprint density at radius 2 is 1.74 bits per heavy atom. The predicted octanol–water partition coefficient (Wildman–Crippen LogP) is 5.70. The maximum Gasteiger partial charge on any atom is 0.410 e. The molecule has 1 saturated carbocycles. The van der Waals surface area contributed by atoms with Crippen molar-refractivity contribution in [3.63, 3.8) is 0 Å². The van der Waals surface area contributed by atoms with Crippen LogP contribution >= 0.6 is 0 Å². The third-order valence-corrected chi connectivity index (χ3v) is 7.15. The number of carbonyl (C=O) groups is 2. The number of ether oxygens (including phenoxy) is 1. The first-order valence-electron chi connectivity index (χ1n) is 13.1. The van der Waals surface area contributed by atoms with Gasteiger partial charge in [0.1, 0.15) is 5.60 Å². The second-order valence-corrected chi connectivity index (χ2v) is 11.1. The highest BCUT2D eigenvalue weighted by atomic mass is 16.6. The first-order valence-corrected chi connectivity index (χ1v) is 13.1. The van der Waals surface area contributed by atoms with Gasteiger partial charge >= 0.3 is 6.09 Å². The number of rotatable bonds is 5. The molecule has 1 atom stereocenters. The Balaban J connectivity index is 1.48. The molecule has 0 bridgehead atoms. The van der Waals surface area contributed by atoms with Gasteiger partial charge in [0.15, 0.2) is 0 Å². The number of pyridine rings is 1. The molecule has 1 aromatic heterocycles. The normalized spacial score (nSPS) is 19.5. The van der Waals surface area contributed by atoms with Crippen LogP contribution in [0.5, 0.6) is 0 Å². The quantitative estimate of drug-likeness (QED) is 0.556. The van der Waals surface area contributed by atoms with E-state index in [1.807, 2.05) is 39.0 Å². The fourth-order valence-corrected chi connectivity index (χ4v) is 5.42. The van der Waals surface area contributed by atoms with Gasteiger partial charge in [0.05, 0.1) is 6.04 Å². The van der Waals surface area contributed by atoms with Crippen LogP contribution in [0.4, 0.5) is 10.5 Å². The number of fused-ring (bicyclic) bond motifs is 1. The number of hydrogen-bond acceptors (Lipinski definition) is 4. The molecule has 7 heteroatoms. The number of amides is 2. The Morgan fingerprint density at radius 3 is 2.46 bits per heavy atom.